The van der Waals surface area contributed by atoms with Crippen molar-refractivity contribution in [3.05, 3.63) is 22.5 Å². The van der Waals surface area contributed by atoms with Gasteiger partial charge in [0.05, 0.1) is 6.20 Å². The highest BCUT2D eigenvalue weighted by atomic mass is 16.4. The molecule has 2 aromatic rings. The van der Waals surface area contributed by atoms with E-state index in [0.717, 1.165) is 0 Å². The third-order valence-corrected chi connectivity index (χ3v) is 1.90. The van der Waals surface area contributed by atoms with E-state index in [1.807, 2.05) is 14.1 Å². The standard InChI is InChI=1S/C9H10N4O2/c1-5-11-8-7(9(14)15-5)12-6(4-10-8)13(2)3/h4H,1-3H3. The number of rotatable bonds is 1. The lowest BCUT2D eigenvalue weighted by atomic mass is 10.5. The van der Waals surface area contributed by atoms with Crippen molar-refractivity contribution in [3.63, 3.8) is 0 Å². The lowest BCUT2D eigenvalue weighted by molar-refractivity contribution is 0.465. The van der Waals surface area contributed by atoms with E-state index in [2.05, 4.69) is 15.0 Å². The molecule has 0 fully saturated rings. The van der Waals surface area contributed by atoms with Crippen LogP contribution in [0, 0.1) is 6.92 Å². The van der Waals surface area contributed by atoms with Crippen molar-refractivity contribution in [1.82, 2.24) is 15.0 Å². The van der Waals surface area contributed by atoms with Gasteiger partial charge in [0.1, 0.15) is 5.82 Å². The Balaban J connectivity index is 2.77. The highest BCUT2D eigenvalue weighted by molar-refractivity contribution is 5.69. The van der Waals surface area contributed by atoms with Gasteiger partial charge in [0.15, 0.2) is 17.1 Å². The molecule has 2 rings (SSSR count). The first kappa shape index (κ1) is 9.57. The predicted octanol–water partition coefficient (Wildman–Crippen LogP) is 0.352. The molecule has 0 saturated heterocycles. The van der Waals surface area contributed by atoms with E-state index in [4.69, 9.17) is 4.42 Å². The van der Waals surface area contributed by atoms with Gasteiger partial charge in [-0.3, -0.25) is 0 Å². The second-order valence-electron chi connectivity index (χ2n) is 3.32. The average molecular weight is 206 g/mol. The van der Waals surface area contributed by atoms with Crippen molar-refractivity contribution in [3.8, 4) is 0 Å². The molecule has 0 aliphatic carbocycles. The Bertz CT molecular complexity index is 562. The molecule has 0 N–H and O–H groups in total. The van der Waals surface area contributed by atoms with E-state index >= 15 is 0 Å². The third kappa shape index (κ3) is 1.65. The molecule has 2 heterocycles. The van der Waals surface area contributed by atoms with Gasteiger partial charge in [0.25, 0.3) is 0 Å². The molecule has 0 radical (unpaired) electrons. The molecular formula is C9H10N4O2. The minimum atomic E-state index is -0.506. The van der Waals surface area contributed by atoms with Crippen molar-refractivity contribution in [2.24, 2.45) is 0 Å². The number of anilines is 1. The summed E-state index contributed by atoms with van der Waals surface area (Å²) in [6.45, 7) is 1.60. The molecule has 78 valence electrons. The fourth-order valence-corrected chi connectivity index (χ4v) is 1.16. The van der Waals surface area contributed by atoms with E-state index in [-0.39, 0.29) is 5.52 Å². The van der Waals surface area contributed by atoms with Gasteiger partial charge in [-0.2, -0.15) is 4.98 Å². The lowest BCUT2D eigenvalue weighted by Gasteiger charge is -2.09. The summed E-state index contributed by atoms with van der Waals surface area (Å²) >= 11 is 0. The summed E-state index contributed by atoms with van der Waals surface area (Å²) in [5.41, 5.74) is -0.0325. The molecule has 0 saturated carbocycles. The van der Waals surface area contributed by atoms with Crippen LogP contribution in [-0.4, -0.2) is 29.0 Å². The Morgan fingerprint density at radius 1 is 1.33 bits per heavy atom. The molecule has 6 heteroatoms. The Morgan fingerprint density at radius 3 is 2.73 bits per heavy atom. The Kier molecular flexibility index (Phi) is 2.11. The lowest BCUT2D eigenvalue weighted by Crippen LogP contribution is -2.14. The highest BCUT2D eigenvalue weighted by Gasteiger charge is 2.08. The van der Waals surface area contributed by atoms with Crippen LogP contribution in [0.25, 0.3) is 11.2 Å². The minimum absolute atomic E-state index is 0.159. The molecule has 0 atom stereocenters. The molecule has 0 bridgehead atoms. The maximum atomic E-state index is 11.4. The zero-order chi connectivity index (χ0) is 11.0. The minimum Gasteiger partial charge on any atom is -0.407 e. The Hall–Kier alpha value is -1.98. The molecule has 0 unspecified atom stereocenters. The van der Waals surface area contributed by atoms with Crippen molar-refractivity contribution in [2.75, 3.05) is 19.0 Å². The van der Waals surface area contributed by atoms with Crippen LogP contribution < -0.4 is 10.5 Å². The number of hydrogen-bond donors (Lipinski definition) is 0. The number of aromatic nitrogens is 3. The summed E-state index contributed by atoms with van der Waals surface area (Å²) < 4.78 is 4.84. The first-order valence-electron chi connectivity index (χ1n) is 4.40. The molecule has 15 heavy (non-hydrogen) atoms. The maximum absolute atomic E-state index is 11.4. The Labute approximate surface area is 85.6 Å². The van der Waals surface area contributed by atoms with Gasteiger partial charge in [-0.15, -0.1) is 0 Å². The molecule has 2 aromatic heterocycles. The molecule has 0 aromatic carbocycles. The topological polar surface area (TPSA) is 72.1 Å². The van der Waals surface area contributed by atoms with Crippen LogP contribution >= 0.6 is 0 Å². The number of nitrogens with zero attached hydrogens (tertiary/aromatic N) is 4. The fraction of sp³-hybridized carbons (Fsp3) is 0.333. The molecule has 6 nitrogen and oxygen atoms in total. The van der Waals surface area contributed by atoms with Gasteiger partial charge in [-0.25, -0.2) is 14.8 Å². The summed E-state index contributed by atoms with van der Waals surface area (Å²) in [6.07, 6.45) is 1.56. The Morgan fingerprint density at radius 2 is 2.07 bits per heavy atom. The van der Waals surface area contributed by atoms with Crippen LogP contribution in [0.2, 0.25) is 0 Å². The smallest absolute Gasteiger partial charge is 0.367 e. The maximum Gasteiger partial charge on any atom is 0.367 e. The molecule has 0 aliphatic heterocycles. The summed E-state index contributed by atoms with van der Waals surface area (Å²) in [6, 6.07) is 0. The van der Waals surface area contributed by atoms with E-state index in [1.54, 1.807) is 18.0 Å². The van der Waals surface area contributed by atoms with E-state index in [9.17, 15) is 4.79 Å². The summed E-state index contributed by atoms with van der Waals surface area (Å²) in [4.78, 5) is 25.3. The SMILES string of the molecule is Cc1nc2ncc(N(C)C)nc2c(=O)o1. The molecule has 0 aliphatic rings. The van der Waals surface area contributed by atoms with Gasteiger partial charge in [0, 0.05) is 21.0 Å². The number of hydrogen-bond acceptors (Lipinski definition) is 6. The van der Waals surface area contributed by atoms with Crippen molar-refractivity contribution < 1.29 is 4.42 Å². The second-order valence-corrected chi connectivity index (χ2v) is 3.32. The van der Waals surface area contributed by atoms with Gasteiger partial charge in [-0.05, 0) is 0 Å². The van der Waals surface area contributed by atoms with Gasteiger partial charge in [-0.1, -0.05) is 0 Å². The number of aryl methyl sites for hydroxylation is 1. The quantitative estimate of drug-likeness (QED) is 0.670. The normalized spacial score (nSPS) is 10.6. The summed E-state index contributed by atoms with van der Waals surface area (Å²) in [5, 5.41) is 0. The van der Waals surface area contributed by atoms with Crippen molar-refractivity contribution in [2.45, 2.75) is 6.92 Å². The number of fused-ring (bicyclic) bond motifs is 1. The van der Waals surface area contributed by atoms with E-state index in [1.165, 1.54) is 0 Å². The highest BCUT2D eigenvalue weighted by Crippen LogP contribution is 2.08. The van der Waals surface area contributed by atoms with Crippen LogP contribution in [0.15, 0.2) is 15.4 Å². The van der Waals surface area contributed by atoms with Gasteiger partial charge >= 0.3 is 5.63 Å². The molecule has 0 spiro atoms. The zero-order valence-corrected chi connectivity index (χ0v) is 8.68. The second kappa shape index (κ2) is 3.30. The van der Waals surface area contributed by atoms with Gasteiger partial charge in [0.2, 0.25) is 0 Å². The van der Waals surface area contributed by atoms with Crippen LogP contribution in [0.1, 0.15) is 5.89 Å². The molecular weight excluding hydrogens is 196 g/mol. The first-order valence-corrected chi connectivity index (χ1v) is 4.40. The summed E-state index contributed by atoms with van der Waals surface area (Å²) in [7, 11) is 3.64. The fourth-order valence-electron chi connectivity index (χ4n) is 1.16. The molecule has 0 amide bonds. The van der Waals surface area contributed by atoms with Gasteiger partial charge < -0.3 is 9.32 Å². The predicted molar refractivity (Wildman–Crippen MR) is 54.9 cm³/mol. The van der Waals surface area contributed by atoms with Crippen molar-refractivity contribution in [1.29, 1.82) is 0 Å². The third-order valence-electron chi connectivity index (χ3n) is 1.90. The van der Waals surface area contributed by atoms with Crippen LogP contribution in [0.5, 0.6) is 0 Å². The first-order chi connectivity index (χ1) is 7.08. The van der Waals surface area contributed by atoms with E-state index < -0.39 is 5.63 Å². The van der Waals surface area contributed by atoms with E-state index in [0.29, 0.717) is 17.4 Å². The zero-order valence-electron chi connectivity index (χ0n) is 8.68. The van der Waals surface area contributed by atoms with Crippen LogP contribution in [0.4, 0.5) is 5.82 Å². The van der Waals surface area contributed by atoms with Crippen LogP contribution in [-0.2, 0) is 0 Å². The summed E-state index contributed by atoms with van der Waals surface area (Å²) in [5.74, 6) is 0.889. The monoisotopic (exact) mass is 206 g/mol. The van der Waals surface area contributed by atoms with Crippen molar-refractivity contribution >= 4 is 17.0 Å². The average Bonchev–Trinajstić information content (AvgIpc) is 2.16. The largest absolute Gasteiger partial charge is 0.407 e. The van der Waals surface area contributed by atoms with Crippen LogP contribution in [0.3, 0.4) is 0 Å².